The average Bonchev–Trinajstić information content (AvgIpc) is 2.14. The van der Waals surface area contributed by atoms with Gasteiger partial charge in [-0.05, 0) is 24.5 Å². The molecule has 0 aliphatic carbocycles. The topological polar surface area (TPSA) is 61.7 Å². The van der Waals surface area contributed by atoms with Crippen molar-refractivity contribution in [2.24, 2.45) is 5.11 Å². The summed E-state index contributed by atoms with van der Waals surface area (Å²) in [5, 5.41) is 3.87. The van der Waals surface area contributed by atoms with Crippen molar-refractivity contribution in [2.75, 3.05) is 0 Å². The van der Waals surface area contributed by atoms with Crippen LogP contribution in [0.25, 0.3) is 10.4 Å². The van der Waals surface area contributed by atoms with Crippen LogP contribution in [0.3, 0.4) is 0 Å². The molecule has 10 heavy (non-hydrogen) atoms. The van der Waals surface area contributed by atoms with Gasteiger partial charge in [-0.25, -0.2) is 4.98 Å². The summed E-state index contributed by atoms with van der Waals surface area (Å²) < 4.78 is 0. The van der Waals surface area contributed by atoms with Crippen molar-refractivity contribution in [3.05, 3.63) is 21.0 Å². The Labute approximate surface area is 62.2 Å². The lowest BCUT2D eigenvalue weighted by Crippen LogP contribution is -1.69. The van der Waals surface area contributed by atoms with Crippen LogP contribution in [0.5, 0.6) is 0 Å². The summed E-state index contributed by atoms with van der Waals surface area (Å²) in [5.74, 6) is 0. The van der Waals surface area contributed by atoms with Crippen molar-refractivity contribution in [1.82, 2.24) is 4.98 Å². The van der Waals surface area contributed by atoms with Gasteiger partial charge in [-0.1, -0.05) is 0 Å². The summed E-state index contributed by atoms with van der Waals surface area (Å²) in [6.45, 7) is 3.84. The SMILES string of the molecule is Cc1nc(N=[N+]=[N-])sc1C. The Kier molecular flexibility index (Phi) is 1.89. The summed E-state index contributed by atoms with van der Waals surface area (Å²) in [4.78, 5) is 7.73. The van der Waals surface area contributed by atoms with Gasteiger partial charge in [-0.15, -0.1) is 11.3 Å². The molecule has 0 aromatic carbocycles. The lowest BCUT2D eigenvalue weighted by Gasteiger charge is -1.77. The van der Waals surface area contributed by atoms with Crippen molar-refractivity contribution in [3.8, 4) is 0 Å². The minimum Gasteiger partial charge on any atom is -0.240 e. The average molecular weight is 154 g/mol. The number of rotatable bonds is 1. The molecule has 0 fully saturated rings. The predicted molar refractivity (Wildman–Crippen MR) is 40.4 cm³/mol. The quantitative estimate of drug-likeness (QED) is 0.348. The van der Waals surface area contributed by atoms with E-state index in [0.717, 1.165) is 10.6 Å². The maximum absolute atomic E-state index is 8.04. The van der Waals surface area contributed by atoms with Gasteiger partial charge in [0.05, 0.1) is 5.69 Å². The monoisotopic (exact) mass is 154 g/mol. The molecule has 5 heteroatoms. The van der Waals surface area contributed by atoms with Crippen LogP contribution in [0.4, 0.5) is 5.13 Å². The zero-order valence-corrected chi connectivity index (χ0v) is 6.51. The van der Waals surface area contributed by atoms with Crippen LogP contribution >= 0.6 is 11.3 Å². The fourth-order valence-corrected chi connectivity index (χ4v) is 1.26. The first kappa shape index (κ1) is 7.05. The zero-order chi connectivity index (χ0) is 7.56. The van der Waals surface area contributed by atoms with E-state index < -0.39 is 0 Å². The van der Waals surface area contributed by atoms with Crippen molar-refractivity contribution < 1.29 is 0 Å². The molecule has 1 aromatic rings. The highest BCUT2D eigenvalue weighted by Crippen LogP contribution is 2.23. The number of thiazole rings is 1. The standard InChI is InChI=1S/C5H6N4S/c1-3-4(2)10-5(7-3)8-9-6/h1-2H3. The van der Waals surface area contributed by atoms with E-state index in [2.05, 4.69) is 15.0 Å². The largest absolute Gasteiger partial charge is 0.240 e. The summed E-state index contributed by atoms with van der Waals surface area (Å²) >= 11 is 1.41. The van der Waals surface area contributed by atoms with Crippen molar-refractivity contribution in [2.45, 2.75) is 13.8 Å². The minimum absolute atomic E-state index is 0.498. The molecule has 1 aromatic heterocycles. The van der Waals surface area contributed by atoms with E-state index >= 15 is 0 Å². The first-order valence-electron chi connectivity index (χ1n) is 2.73. The Morgan fingerprint density at radius 2 is 2.30 bits per heavy atom. The second kappa shape index (κ2) is 2.68. The van der Waals surface area contributed by atoms with E-state index in [4.69, 9.17) is 5.53 Å². The predicted octanol–water partition coefficient (Wildman–Crippen LogP) is 2.70. The maximum atomic E-state index is 8.04. The van der Waals surface area contributed by atoms with Crippen molar-refractivity contribution in [1.29, 1.82) is 0 Å². The first-order chi connectivity index (χ1) is 4.74. The summed E-state index contributed by atoms with van der Waals surface area (Å²) in [7, 11) is 0. The molecule has 0 aliphatic rings. The van der Waals surface area contributed by atoms with E-state index in [1.54, 1.807) is 0 Å². The smallest absolute Gasteiger partial charge is 0.180 e. The Morgan fingerprint density at radius 3 is 2.70 bits per heavy atom. The van der Waals surface area contributed by atoms with E-state index in [0.29, 0.717) is 5.13 Å². The Bertz CT molecular complexity index is 264. The van der Waals surface area contributed by atoms with Crippen molar-refractivity contribution in [3.63, 3.8) is 0 Å². The van der Waals surface area contributed by atoms with Gasteiger partial charge in [0.25, 0.3) is 0 Å². The highest BCUT2D eigenvalue weighted by atomic mass is 32.1. The Balaban J connectivity index is 3.09. The molecule has 52 valence electrons. The molecule has 1 rings (SSSR count). The molecule has 0 saturated heterocycles. The zero-order valence-electron chi connectivity index (χ0n) is 5.70. The lowest BCUT2D eigenvalue weighted by molar-refractivity contribution is 1.21. The molecule has 1 heterocycles. The van der Waals surface area contributed by atoms with Crippen molar-refractivity contribution >= 4 is 16.5 Å². The normalized spacial score (nSPS) is 9.00. The molecule has 4 nitrogen and oxygen atoms in total. The molecule has 0 unspecified atom stereocenters. The molecule has 0 saturated carbocycles. The van der Waals surface area contributed by atoms with Gasteiger partial charge in [0, 0.05) is 9.79 Å². The molecule has 0 radical (unpaired) electrons. The number of nitrogens with zero attached hydrogens (tertiary/aromatic N) is 4. The van der Waals surface area contributed by atoms with Gasteiger partial charge in [-0.2, -0.15) is 0 Å². The fourth-order valence-electron chi connectivity index (χ4n) is 0.537. The number of aromatic nitrogens is 1. The van der Waals surface area contributed by atoms with E-state index in [9.17, 15) is 0 Å². The molecule has 0 bridgehead atoms. The highest BCUT2D eigenvalue weighted by molar-refractivity contribution is 7.15. The molecule has 0 spiro atoms. The van der Waals surface area contributed by atoms with Gasteiger partial charge in [0.1, 0.15) is 0 Å². The molecular weight excluding hydrogens is 148 g/mol. The van der Waals surface area contributed by atoms with E-state index in [1.165, 1.54) is 11.3 Å². The van der Waals surface area contributed by atoms with Crippen LogP contribution in [0, 0.1) is 13.8 Å². The molecular formula is C5H6N4S. The second-order valence-corrected chi connectivity index (χ2v) is 3.01. The Hall–Kier alpha value is -1.06. The van der Waals surface area contributed by atoms with Gasteiger partial charge in [0.2, 0.25) is 0 Å². The third-order valence-electron chi connectivity index (χ3n) is 1.15. The van der Waals surface area contributed by atoms with Crippen LogP contribution in [-0.4, -0.2) is 4.98 Å². The molecule has 0 atom stereocenters. The van der Waals surface area contributed by atoms with E-state index in [1.807, 2.05) is 13.8 Å². The fraction of sp³-hybridized carbons (Fsp3) is 0.400. The highest BCUT2D eigenvalue weighted by Gasteiger charge is 1.99. The Morgan fingerprint density at radius 1 is 1.60 bits per heavy atom. The molecule has 0 aliphatic heterocycles. The maximum Gasteiger partial charge on any atom is 0.180 e. The van der Waals surface area contributed by atoms with Crippen LogP contribution in [0.1, 0.15) is 10.6 Å². The van der Waals surface area contributed by atoms with Crippen LogP contribution in [0.15, 0.2) is 5.11 Å². The number of hydrogen-bond donors (Lipinski definition) is 0. The van der Waals surface area contributed by atoms with Crippen LogP contribution in [-0.2, 0) is 0 Å². The third kappa shape index (κ3) is 1.26. The van der Waals surface area contributed by atoms with Gasteiger partial charge in [-0.3, -0.25) is 0 Å². The van der Waals surface area contributed by atoms with Crippen LogP contribution in [0.2, 0.25) is 0 Å². The summed E-state index contributed by atoms with van der Waals surface area (Å²) in [5.41, 5.74) is 8.98. The number of azide groups is 1. The van der Waals surface area contributed by atoms with Gasteiger partial charge >= 0.3 is 0 Å². The number of hydrogen-bond acceptors (Lipinski definition) is 3. The summed E-state index contributed by atoms with van der Waals surface area (Å²) in [6, 6.07) is 0. The van der Waals surface area contributed by atoms with Gasteiger partial charge < -0.3 is 0 Å². The van der Waals surface area contributed by atoms with Gasteiger partial charge in [0.15, 0.2) is 5.13 Å². The molecule has 0 N–H and O–H groups in total. The molecule has 0 amide bonds. The number of aryl methyl sites for hydroxylation is 2. The summed E-state index contributed by atoms with van der Waals surface area (Å²) in [6.07, 6.45) is 0. The second-order valence-electron chi connectivity index (χ2n) is 1.83. The minimum atomic E-state index is 0.498. The third-order valence-corrected chi connectivity index (χ3v) is 2.10. The van der Waals surface area contributed by atoms with E-state index in [-0.39, 0.29) is 0 Å². The lowest BCUT2D eigenvalue weighted by atomic mass is 10.4. The first-order valence-corrected chi connectivity index (χ1v) is 3.55. The van der Waals surface area contributed by atoms with Crippen LogP contribution < -0.4 is 0 Å².